The van der Waals surface area contributed by atoms with Gasteiger partial charge in [-0.1, -0.05) is 13.3 Å². The van der Waals surface area contributed by atoms with E-state index in [0.717, 1.165) is 6.42 Å². The van der Waals surface area contributed by atoms with Crippen molar-refractivity contribution in [2.45, 2.75) is 25.9 Å². The Bertz CT molecular complexity index is 394. The highest BCUT2D eigenvalue weighted by Gasteiger charge is 2.29. The molecule has 1 unspecified atom stereocenters. The lowest BCUT2D eigenvalue weighted by atomic mass is 10.1. The molecule has 80 valence electrons. The number of anilines is 2. The average Bonchev–Trinajstić information content (AvgIpc) is 2.21. The van der Waals surface area contributed by atoms with Crippen molar-refractivity contribution in [2.75, 3.05) is 11.1 Å². The highest BCUT2D eigenvalue weighted by molar-refractivity contribution is 5.99. The van der Waals surface area contributed by atoms with E-state index in [-0.39, 0.29) is 11.7 Å². The zero-order chi connectivity index (χ0) is 10.8. The summed E-state index contributed by atoms with van der Waals surface area (Å²) in [5, 5.41) is 2.65. The number of amides is 1. The van der Waals surface area contributed by atoms with E-state index in [2.05, 4.69) is 15.3 Å². The fourth-order valence-electron chi connectivity index (χ4n) is 1.43. The van der Waals surface area contributed by atoms with E-state index in [9.17, 15) is 4.79 Å². The van der Waals surface area contributed by atoms with Crippen molar-refractivity contribution in [3.8, 4) is 5.88 Å². The maximum atomic E-state index is 11.6. The van der Waals surface area contributed by atoms with Gasteiger partial charge in [0.2, 0.25) is 5.88 Å². The van der Waals surface area contributed by atoms with Crippen LogP contribution in [0.25, 0.3) is 0 Å². The first-order chi connectivity index (χ1) is 7.22. The smallest absolute Gasteiger partial charge is 0.265 e. The number of hydrogen-bond donors (Lipinski definition) is 2. The number of nitrogens with two attached hydrogens (primary N) is 1. The van der Waals surface area contributed by atoms with E-state index in [1.54, 1.807) is 0 Å². The molecular weight excluding hydrogens is 196 g/mol. The van der Waals surface area contributed by atoms with E-state index in [0.29, 0.717) is 18.0 Å². The topological polar surface area (TPSA) is 90.1 Å². The second kappa shape index (κ2) is 3.72. The van der Waals surface area contributed by atoms with Crippen LogP contribution in [0.4, 0.5) is 11.5 Å². The third kappa shape index (κ3) is 1.70. The zero-order valence-electron chi connectivity index (χ0n) is 8.36. The van der Waals surface area contributed by atoms with Gasteiger partial charge in [-0.2, -0.15) is 4.98 Å². The SMILES string of the molecule is CCCC1Oc2ncnc(N)c2NC1=O. The van der Waals surface area contributed by atoms with Crippen LogP contribution < -0.4 is 15.8 Å². The highest BCUT2D eigenvalue weighted by atomic mass is 16.5. The lowest BCUT2D eigenvalue weighted by molar-refractivity contribution is -0.123. The second-order valence-electron chi connectivity index (χ2n) is 3.32. The number of nitrogen functional groups attached to an aromatic ring is 1. The Labute approximate surface area is 86.9 Å². The number of nitrogens with one attached hydrogen (secondary N) is 1. The fraction of sp³-hybridized carbons (Fsp3) is 0.444. The summed E-state index contributed by atoms with van der Waals surface area (Å²) in [4.78, 5) is 19.2. The van der Waals surface area contributed by atoms with Crippen LogP contribution in [0.1, 0.15) is 19.8 Å². The minimum atomic E-state index is -0.475. The van der Waals surface area contributed by atoms with Crippen molar-refractivity contribution < 1.29 is 9.53 Å². The zero-order valence-corrected chi connectivity index (χ0v) is 8.36. The quantitative estimate of drug-likeness (QED) is 0.741. The molecule has 3 N–H and O–H groups in total. The molecule has 1 aliphatic rings. The van der Waals surface area contributed by atoms with Crippen LogP contribution >= 0.6 is 0 Å². The largest absolute Gasteiger partial charge is 0.463 e. The predicted molar refractivity (Wildman–Crippen MR) is 54.4 cm³/mol. The molecule has 1 amide bonds. The molecule has 6 heteroatoms. The number of fused-ring (bicyclic) bond motifs is 1. The summed E-state index contributed by atoms with van der Waals surface area (Å²) in [6.07, 6.45) is 2.37. The summed E-state index contributed by atoms with van der Waals surface area (Å²) < 4.78 is 5.42. The van der Waals surface area contributed by atoms with E-state index in [1.807, 2.05) is 6.92 Å². The first-order valence-electron chi connectivity index (χ1n) is 4.80. The third-order valence-corrected chi connectivity index (χ3v) is 2.19. The molecule has 0 spiro atoms. The van der Waals surface area contributed by atoms with Crippen molar-refractivity contribution >= 4 is 17.4 Å². The van der Waals surface area contributed by atoms with Crippen molar-refractivity contribution in [3.05, 3.63) is 6.33 Å². The van der Waals surface area contributed by atoms with Gasteiger partial charge in [0.1, 0.15) is 12.0 Å². The standard InChI is InChI=1S/C9H12N4O2/c1-2-3-5-8(14)13-6-7(10)11-4-12-9(6)15-5/h4-5H,2-3H2,1H3,(H,13,14)(H2,10,11,12). The van der Waals surface area contributed by atoms with Gasteiger partial charge in [-0.15, -0.1) is 0 Å². The molecule has 0 aliphatic carbocycles. The van der Waals surface area contributed by atoms with E-state index >= 15 is 0 Å². The molecule has 1 atom stereocenters. The van der Waals surface area contributed by atoms with E-state index < -0.39 is 6.10 Å². The molecule has 1 aliphatic heterocycles. The lowest BCUT2D eigenvalue weighted by Gasteiger charge is -2.24. The van der Waals surface area contributed by atoms with Crippen molar-refractivity contribution in [1.82, 2.24) is 9.97 Å². The summed E-state index contributed by atoms with van der Waals surface area (Å²) in [5.41, 5.74) is 5.95. The summed E-state index contributed by atoms with van der Waals surface area (Å²) in [6.45, 7) is 1.99. The first-order valence-corrected chi connectivity index (χ1v) is 4.80. The molecule has 0 saturated heterocycles. The van der Waals surface area contributed by atoms with Gasteiger partial charge < -0.3 is 15.8 Å². The van der Waals surface area contributed by atoms with Gasteiger partial charge in [0.15, 0.2) is 11.9 Å². The van der Waals surface area contributed by atoms with Gasteiger partial charge in [-0.3, -0.25) is 4.79 Å². The first kappa shape index (κ1) is 9.70. The highest BCUT2D eigenvalue weighted by Crippen LogP contribution is 2.31. The average molecular weight is 208 g/mol. The Kier molecular flexibility index (Phi) is 2.40. The Hall–Kier alpha value is -1.85. The van der Waals surface area contributed by atoms with E-state index in [1.165, 1.54) is 6.33 Å². The van der Waals surface area contributed by atoms with Gasteiger partial charge in [-0.25, -0.2) is 4.98 Å². The Morgan fingerprint density at radius 1 is 1.60 bits per heavy atom. The number of ether oxygens (including phenoxy) is 1. The molecular formula is C9H12N4O2. The number of rotatable bonds is 2. The van der Waals surface area contributed by atoms with Crippen LogP contribution in [-0.4, -0.2) is 22.0 Å². The van der Waals surface area contributed by atoms with Crippen LogP contribution in [0.3, 0.4) is 0 Å². The molecule has 15 heavy (non-hydrogen) atoms. The lowest BCUT2D eigenvalue weighted by Crippen LogP contribution is -2.37. The Morgan fingerprint density at radius 3 is 3.13 bits per heavy atom. The Balaban J connectivity index is 2.30. The second-order valence-corrected chi connectivity index (χ2v) is 3.32. The van der Waals surface area contributed by atoms with Crippen LogP contribution in [0.15, 0.2) is 6.33 Å². The molecule has 0 saturated carbocycles. The van der Waals surface area contributed by atoms with Crippen LogP contribution in [-0.2, 0) is 4.79 Å². The molecule has 0 aromatic carbocycles. The van der Waals surface area contributed by atoms with E-state index in [4.69, 9.17) is 10.5 Å². The molecule has 2 rings (SSSR count). The molecule has 2 heterocycles. The molecule has 0 bridgehead atoms. The minimum absolute atomic E-state index is 0.189. The van der Waals surface area contributed by atoms with Gasteiger partial charge in [0.05, 0.1) is 0 Å². The summed E-state index contributed by atoms with van der Waals surface area (Å²) in [7, 11) is 0. The maximum Gasteiger partial charge on any atom is 0.265 e. The fourth-order valence-corrected chi connectivity index (χ4v) is 1.43. The van der Waals surface area contributed by atoms with Crippen molar-refractivity contribution in [2.24, 2.45) is 0 Å². The minimum Gasteiger partial charge on any atom is -0.463 e. The number of carbonyl (C=O) groups is 1. The normalized spacial score (nSPS) is 19.0. The van der Waals surface area contributed by atoms with Crippen LogP contribution in [0, 0.1) is 0 Å². The predicted octanol–water partition coefficient (Wildman–Crippen LogP) is 0.558. The van der Waals surface area contributed by atoms with Crippen molar-refractivity contribution in [1.29, 1.82) is 0 Å². The van der Waals surface area contributed by atoms with Gasteiger partial charge >= 0.3 is 0 Å². The Morgan fingerprint density at radius 2 is 2.40 bits per heavy atom. The van der Waals surface area contributed by atoms with Gasteiger partial charge in [-0.05, 0) is 6.42 Å². The van der Waals surface area contributed by atoms with Gasteiger partial charge in [0, 0.05) is 0 Å². The molecule has 1 aromatic rings. The molecule has 6 nitrogen and oxygen atoms in total. The number of carbonyl (C=O) groups excluding carboxylic acids is 1. The van der Waals surface area contributed by atoms with Crippen LogP contribution in [0.2, 0.25) is 0 Å². The molecule has 1 aromatic heterocycles. The number of nitrogens with zero attached hydrogens (tertiary/aromatic N) is 2. The van der Waals surface area contributed by atoms with Crippen molar-refractivity contribution in [3.63, 3.8) is 0 Å². The number of aromatic nitrogens is 2. The van der Waals surface area contributed by atoms with Gasteiger partial charge in [0.25, 0.3) is 5.91 Å². The third-order valence-electron chi connectivity index (χ3n) is 2.19. The summed E-state index contributed by atoms with van der Waals surface area (Å²) >= 11 is 0. The maximum absolute atomic E-state index is 11.6. The number of hydrogen-bond acceptors (Lipinski definition) is 5. The van der Waals surface area contributed by atoms with Crippen LogP contribution in [0.5, 0.6) is 5.88 Å². The molecule has 0 fully saturated rings. The molecule has 0 radical (unpaired) electrons. The monoisotopic (exact) mass is 208 g/mol. The summed E-state index contributed by atoms with van der Waals surface area (Å²) in [6, 6.07) is 0. The summed E-state index contributed by atoms with van der Waals surface area (Å²) in [5.74, 6) is 0.384.